The van der Waals surface area contributed by atoms with Gasteiger partial charge in [0.15, 0.2) is 5.75 Å². The predicted molar refractivity (Wildman–Crippen MR) is 128 cm³/mol. The normalized spacial score (nSPS) is 21.2. The zero-order chi connectivity index (χ0) is 24.9. The Labute approximate surface area is 202 Å². The Morgan fingerprint density at radius 3 is 2.32 bits per heavy atom. The van der Waals surface area contributed by atoms with Gasteiger partial charge < -0.3 is 24.7 Å². The summed E-state index contributed by atoms with van der Waals surface area (Å²) in [6.45, 7) is 13.9. The van der Waals surface area contributed by atoms with Crippen LogP contribution in [-0.2, 0) is 4.74 Å². The number of carbonyl (C=O) groups is 2. The zero-order valence-electron chi connectivity index (χ0n) is 20.9. The Bertz CT molecular complexity index is 878. The zero-order valence-corrected chi connectivity index (χ0v) is 20.9. The van der Waals surface area contributed by atoms with Gasteiger partial charge in [-0.1, -0.05) is 0 Å². The molecule has 1 N–H and O–H groups in total. The van der Waals surface area contributed by atoms with Crippen LogP contribution in [0.25, 0.3) is 0 Å². The smallest absolute Gasteiger partial charge is 0.442 e. The summed E-state index contributed by atoms with van der Waals surface area (Å²) in [6.07, 6.45) is 0.571. The van der Waals surface area contributed by atoms with E-state index in [1.807, 2.05) is 39.5 Å². The Balaban J connectivity index is 1.66. The van der Waals surface area contributed by atoms with E-state index in [2.05, 4.69) is 16.3 Å². The van der Waals surface area contributed by atoms with Crippen LogP contribution < -0.4 is 10.2 Å². The number of fused-ring (bicyclic) bond motifs is 2. The molecule has 9 heteroatoms. The highest BCUT2D eigenvalue weighted by molar-refractivity contribution is 5.74. The lowest BCUT2D eigenvalue weighted by molar-refractivity contribution is -0.101. The number of hydroxylamine groups is 2. The van der Waals surface area contributed by atoms with Crippen molar-refractivity contribution in [3.8, 4) is 11.8 Å². The minimum atomic E-state index is -0.659. The average molecular weight is 472 g/mol. The van der Waals surface area contributed by atoms with Gasteiger partial charge in [-0.05, 0) is 77.1 Å². The molecule has 0 aliphatic carbocycles. The van der Waals surface area contributed by atoms with Gasteiger partial charge in [0, 0.05) is 39.3 Å². The number of urea groups is 1. The highest BCUT2D eigenvalue weighted by Gasteiger charge is 2.37. The number of amides is 3. The van der Waals surface area contributed by atoms with Crippen LogP contribution in [0.15, 0.2) is 24.3 Å². The number of benzene rings is 1. The molecule has 0 radical (unpaired) electrons. The molecule has 3 unspecified atom stereocenters. The first-order valence-electron chi connectivity index (χ1n) is 12.0. The molecule has 2 aliphatic rings. The monoisotopic (exact) mass is 471 g/mol. The van der Waals surface area contributed by atoms with Crippen molar-refractivity contribution in [3.63, 3.8) is 0 Å². The van der Waals surface area contributed by atoms with Gasteiger partial charge in [-0.2, -0.15) is 5.26 Å². The third kappa shape index (κ3) is 7.00. The molecule has 0 saturated carbocycles. The van der Waals surface area contributed by atoms with Crippen LogP contribution in [-0.4, -0.2) is 77.9 Å². The summed E-state index contributed by atoms with van der Waals surface area (Å²) in [4.78, 5) is 35.5. The van der Waals surface area contributed by atoms with Gasteiger partial charge in [0.2, 0.25) is 0 Å². The summed E-state index contributed by atoms with van der Waals surface area (Å²) in [6, 6.07) is 8.47. The van der Waals surface area contributed by atoms with Crippen LogP contribution >= 0.6 is 0 Å². The van der Waals surface area contributed by atoms with E-state index in [1.165, 1.54) is 5.06 Å². The molecule has 2 bridgehead atoms. The fourth-order valence-electron chi connectivity index (χ4n) is 4.73. The summed E-state index contributed by atoms with van der Waals surface area (Å²) in [5.41, 5.74) is -0.140. The maximum absolute atomic E-state index is 13.0. The quantitative estimate of drug-likeness (QED) is 0.638. The van der Waals surface area contributed by atoms with Crippen molar-refractivity contribution in [2.75, 3.05) is 39.3 Å². The molecule has 2 saturated heterocycles. The molecule has 3 atom stereocenters. The second kappa shape index (κ2) is 11.0. The van der Waals surface area contributed by atoms with Crippen molar-refractivity contribution in [2.24, 2.45) is 11.8 Å². The van der Waals surface area contributed by atoms with Crippen LogP contribution in [0.2, 0.25) is 0 Å². The van der Waals surface area contributed by atoms with Crippen molar-refractivity contribution < 1.29 is 19.2 Å². The number of hydrogen-bond acceptors (Lipinski definition) is 6. The van der Waals surface area contributed by atoms with Gasteiger partial charge in [-0.15, -0.1) is 5.06 Å². The topological polar surface area (TPSA) is 98.1 Å². The molecule has 0 spiro atoms. The van der Waals surface area contributed by atoms with E-state index >= 15 is 0 Å². The summed E-state index contributed by atoms with van der Waals surface area (Å²) in [5.74, 6) is 1.29. The number of nitriles is 1. The number of rotatable bonds is 6. The van der Waals surface area contributed by atoms with Crippen LogP contribution in [0.3, 0.4) is 0 Å². The van der Waals surface area contributed by atoms with E-state index < -0.39 is 11.7 Å². The number of piperidine rings is 2. The summed E-state index contributed by atoms with van der Waals surface area (Å²) in [5, 5.41) is 13.2. The van der Waals surface area contributed by atoms with E-state index in [0.29, 0.717) is 36.2 Å². The van der Waals surface area contributed by atoms with Gasteiger partial charge in [-0.25, -0.2) is 9.59 Å². The van der Waals surface area contributed by atoms with Crippen molar-refractivity contribution in [1.82, 2.24) is 20.2 Å². The van der Waals surface area contributed by atoms with Crippen molar-refractivity contribution in [2.45, 2.75) is 52.7 Å². The molecule has 2 aliphatic heterocycles. The number of nitrogens with one attached hydrogen (secondary N) is 1. The van der Waals surface area contributed by atoms with Crippen LogP contribution in [0, 0.1) is 23.2 Å². The maximum atomic E-state index is 13.0. The van der Waals surface area contributed by atoms with Crippen molar-refractivity contribution in [1.29, 1.82) is 5.26 Å². The van der Waals surface area contributed by atoms with Crippen LogP contribution in [0.5, 0.6) is 5.75 Å². The third-order valence-corrected chi connectivity index (χ3v) is 5.96. The lowest BCUT2D eigenvalue weighted by Crippen LogP contribution is -2.58. The number of hydrogen-bond donors (Lipinski definition) is 1. The fraction of sp³-hybridized carbons (Fsp3) is 0.640. The molecule has 2 heterocycles. The highest BCUT2D eigenvalue weighted by atomic mass is 16.7. The van der Waals surface area contributed by atoms with Gasteiger partial charge in [0.1, 0.15) is 5.60 Å². The van der Waals surface area contributed by atoms with Gasteiger partial charge in [0.05, 0.1) is 17.7 Å². The first-order chi connectivity index (χ1) is 16.1. The molecule has 0 aromatic heterocycles. The maximum Gasteiger partial charge on any atom is 0.444 e. The minimum Gasteiger partial charge on any atom is -0.442 e. The lowest BCUT2D eigenvalue weighted by Gasteiger charge is -2.46. The molecule has 1 aromatic rings. The molecule has 9 nitrogen and oxygen atoms in total. The van der Waals surface area contributed by atoms with Crippen molar-refractivity contribution in [3.05, 3.63) is 29.8 Å². The minimum absolute atomic E-state index is 0.0194. The number of carbonyl (C=O) groups excluding carboxylic acids is 2. The SMILES string of the molecule is CCNC(=O)N1CC2CC(CN(CC(C)N(Oc3ccc(C#N)cc3)C(=O)OC(C)(C)C)C2)C1. The molecule has 186 valence electrons. The fourth-order valence-corrected chi connectivity index (χ4v) is 4.73. The third-order valence-electron chi connectivity index (χ3n) is 5.96. The molecular formula is C25H37N5O4. The largest absolute Gasteiger partial charge is 0.444 e. The molecular weight excluding hydrogens is 434 g/mol. The standard InChI is InChI=1S/C25H37N5O4/c1-6-27-23(31)29-16-20-11-21(17-29)15-28(14-20)13-18(2)30(24(32)33-25(3,4)5)34-22-9-7-19(12-26)8-10-22/h7-10,18,20-21H,6,11,13-17H2,1-5H3,(H,27,31). The van der Waals surface area contributed by atoms with Crippen LogP contribution in [0.4, 0.5) is 9.59 Å². The molecule has 34 heavy (non-hydrogen) atoms. The first kappa shape index (κ1) is 25.6. The second-order valence-electron chi connectivity index (χ2n) is 10.3. The van der Waals surface area contributed by atoms with Gasteiger partial charge >= 0.3 is 12.1 Å². The second-order valence-corrected chi connectivity index (χ2v) is 10.3. The Kier molecular flexibility index (Phi) is 8.26. The van der Waals surface area contributed by atoms with E-state index in [4.69, 9.17) is 14.8 Å². The Morgan fingerprint density at radius 2 is 1.79 bits per heavy atom. The van der Waals surface area contributed by atoms with Gasteiger partial charge in [-0.3, -0.25) is 0 Å². The summed E-state index contributed by atoms with van der Waals surface area (Å²) in [7, 11) is 0. The lowest BCUT2D eigenvalue weighted by atomic mass is 9.84. The Morgan fingerprint density at radius 1 is 1.18 bits per heavy atom. The summed E-state index contributed by atoms with van der Waals surface area (Å²) < 4.78 is 5.61. The number of likely N-dealkylation sites (tertiary alicyclic amines) is 2. The first-order valence-corrected chi connectivity index (χ1v) is 12.0. The Hall–Kier alpha value is -2.99. The molecule has 3 rings (SSSR count). The van der Waals surface area contributed by atoms with E-state index in [-0.39, 0.29) is 12.1 Å². The summed E-state index contributed by atoms with van der Waals surface area (Å²) >= 11 is 0. The number of nitrogens with zero attached hydrogens (tertiary/aromatic N) is 4. The highest BCUT2D eigenvalue weighted by Crippen LogP contribution is 2.29. The predicted octanol–water partition coefficient (Wildman–Crippen LogP) is 3.46. The van der Waals surface area contributed by atoms with Crippen molar-refractivity contribution >= 4 is 12.1 Å². The number of ether oxygens (including phenoxy) is 1. The van der Waals surface area contributed by atoms with E-state index in [1.54, 1.807) is 24.3 Å². The van der Waals surface area contributed by atoms with Gasteiger partial charge in [0.25, 0.3) is 0 Å². The van der Waals surface area contributed by atoms with Crippen LogP contribution in [0.1, 0.15) is 46.6 Å². The molecule has 2 fully saturated rings. The molecule has 1 aromatic carbocycles. The van der Waals surface area contributed by atoms with E-state index in [0.717, 1.165) is 32.6 Å². The molecule has 3 amide bonds. The average Bonchev–Trinajstić information content (AvgIpc) is 2.76. The van der Waals surface area contributed by atoms with E-state index in [9.17, 15) is 9.59 Å².